The molecule has 0 aliphatic carbocycles. The largest absolute Gasteiger partial charge is 0.300 e. The van der Waals surface area contributed by atoms with Crippen LogP contribution in [0.3, 0.4) is 0 Å². The van der Waals surface area contributed by atoms with Crippen molar-refractivity contribution < 1.29 is 0 Å². The average molecular weight is 262 g/mol. The minimum atomic E-state index is 0.735. The summed E-state index contributed by atoms with van der Waals surface area (Å²) in [5, 5.41) is 1.17. The summed E-state index contributed by atoms with van der Waals surface area (Å²) in [5.74, 6) is 2.50. The van der Waals surface area contributed by atoms with E-state index in [0.717, 1.165) is 23.8 Å². The van der Waals surface area contributed by atoms with Crippen LogP contribution < -0.4 is 0 Å². The summed E-state index contributed by atoms with van der Waals surface area (Å²) in [5.41, 5.74) is 0. The molecule has 0 aromatic heterocycles. The molecule has 0 N–H and O–H groups in total. The second kappa shape index (κ2) is 5.50. The minimum absolute atomic E-state index is 0.735. The molecule has 0 amide bonds. The summed E-state index contributed by atoms with van der Waals surface area (Å²) in [6.45, 7) is 12.0. The Morgan fingerprint density at radius 1 is 1.29 bits per heavy atom. The van der Waals surface area contributed by atoms with E-state index in [-0.39, 0.29) is 0 Å². The van der Waals surface area contributed by atoms with E-state index < -0.39 is 0 Å². The van der Waals surface area contributed by atoms with E-state index in [1.807, 2.05) is 0 Å². The molecular formula is C12H24BrN. The number of hydrogen-bond donors (Lipinski definition) is 0. The predicted molar refractivity (Wildman–Crippen MR) is 66.9 cm³/mol. The quantitative estimate of drug-likeness (QED) is 0.705. The number of hydrogen-bond acceptors (Lipinski definition) is 1. The maximum atomic E-state index is 3.63. The third kappa shape index (κ3) is 3.23. The van der Waals surface area contributed by atoms with Crippen LogP contribution in [-0.2, 0) is 0 Å². The number of halogens is 1. The van der Waals surface area contributed by atoms with E-state index in [1.54, 1.807) is 0 Å². The van der Waals surface area contributed by atoms with Gasteiger partial charge >= 0.3 is 0 Å². The van der Waals surface area contributed by atoms with Crippen LogP contribution in [0.5, 0.6) is 0 Å². The molecular weight excluding hydrogens is 238 g/mol. The van der Waals surface area contributed by atoms with E-state index in [9.17, 15) is 0 Å². The molecule has 1 aliphatic rings. The molecule has 1 saturated heterocycles. The van der Waals surface area contributed by atoms with Crippen LogP contribution in [0.15, 0.2) is 0 Å². The second-order valence-electron chi connectivity index (χ2n) is 5.30. The molecule has 1 nitrogen and oxygen atoms in total. The summed E-state index contributed by atoms with van der Waals surface area (Å²) in [6, 6.07) is 0.735. The molecule has 14 heavy (non-hydrogen) atoms. The number of likely N-dealkylation sites (tertiary alicyclic amines) is 1. The fourth-order valence-corrected chi connectivity index (χ4v) is 2.86. The Kier molecular flexibility index (Phi) is 4.92. The SMILES string of the molecule is CC1CC(CBr)CN(C(C)C(C)C)C1. The summed E-state index contributed by atoms with van der Waals surface area (Å²) in [7, 11) is 0. The maximum absolute atomic E-state index is 3.63. The van der Waals surface area contributed by atoms with Gasteiger partial charge in [0.1, 0.15) is 0 Å². The van der Waals surface area contributed by atoms with Crippen molar-refractivity contribution in [3.05, 3.63) is 0 Å². The Bertz CT molecular complexity index is 170. The van der Waals surface area contributed by atoms with Crippen molar-refractivity contribution in [2.45, 2.75) is 40.2 Å². The molecule has 0 saturated carbocycles. The highest BCUT2D eigenvalue weighted by Crippen LogP contribution is 2.26. The number of alkyl halides is 1. The summed E-state index contributed by atoms with van der Waals surface area (Å²) >= 11 is 3.63. The standard InChI is InChI=1S/C12H24BrN/c1-9(2)11(4)14-7-10(3)5-12(6-13)8-14/h9-12H,5-8H2,1-4H3. The van der Waals surface area contributed by atoms with Gasteiger partial charge < -0.3 is 0 Å². The predicted octanol–water partition coefficient (Wildman–Crippen LogP) is 3.38. The molecule has 3 unspecified atom stereocenters. The summed E-state index contributed by atoms with van der Waals surface area (Å²) < 4.78 is 0. The number of piperidine rings is 1. The highest BCUT2D eigenvalue weighted by atomic mass is 79.9. The molecule has 0 aromatic rings. The first-order chi connectivity index (χ1) is 6.54. The molecule has 1 fully saturated rings. The minimum Gasteiger partial charge on any atom is -0.300 e. The normalized spacial score (nSPS) is 32.1. The topological polar surface area (TPSA) is 3.24 Å². The van der Waals surface area contributed by atoms with E-state index in [2.05, 4.69) is 48.5 Å². The number of nitrogens with zero attached hydrogens (tertiary/aromatic N) is 1. The lowest BCUT2D eigenvalue weighted by Crippen LogP contribution is -2.46. The van der Waals surface area contributed by atoms with Gasteiger partial charge in [-0.2, -0.15) is 0 Å². The zero-order valence-corrected chi connectivity index (χ0v) is 11.5. The van der Waals surface area contributed by atoms with Gasteiger partial charge in [0.2, 0.25) is 0 Å². The van der Waals surface area contributed by atoms with Crippen molar-refractivity contribution in [2.24, 2.45) is 17.8 Å². The van der Waals surface area contributed by atoms with E-state index in [1.165, 1.54) is 24.8 Å². The second-order valence-corrected chi connectivity index (χ2v) is 5.95. The lowest BCUT2D eigenvalue weighted by Gasteiger charge is -2.41. The van der Waals surface area contributed by atoms with Crippen LogP contribution in [0, 0.1) is 17.8 Å². The maximum Gasteiger partial charge on any atom is 0.00901 e. The van der Waals surface area contributed by atoms with Crippen LogP contribution in [0.2, 0.25) is 0 Å². The molecule has 2 heteroatoms. The van der Waals surface area contributed by atoms with E-state index >= 15 is 0 Å². The molecule has 0 radical (unpaired) electrons. The Morgan fingerprint density at radius 2 is 1.93 bits per heavy atom. The Hall–Kier alpha value is 0.440. The lowest BCUT2D eigenvalue weighted by molar-refractivity contribution is 0.0836. The van der Waals surface area contributed by atoms with E-state index in [0.29, 0.717) is 0 Å². The van der Waals surface area contributed by atoms with Crippen LogP contribution in [0.4, 0.5) is 0 Å². The first-order valence-corrected chi connectivity index (χ1v) is 6.96. The van der Waals surface area contributed by atoms with Crippen molar-refractivity contribution in [3.8, 4) is 0 Å². The smallest absolute Gasteiger partial charge is 0.00901 e. The average Bonchev–Trinajstić information content (AvgIpc) is 2.15. The molecule has 0 spiro atoms. The van der Waals surface area contributed by atoms with Gasteiger partial charge in [0.25, 0.3) is 0 Å². The fourth-order valence-electron chi connectivity index (χ4n) is 2.39. The van der Waals surface area contributed by atoms with Gasteiger partial charge in [-0.1, -0.05) is 36.7 Å². The third-order valence-corrected chi connectivity index (χ3v) is 4.45. The van der Waals surface area contributed by atoms with Crippen LogP contribution >= 0.6 is 15.9 Å². The monoisotopic (exact) mass is 261 g/mol. The molecule has 0 bridgehead atoms. The van der Waals surface area contributed by atoms with Crippen molar-refractivity contribution >= 4 is 15.9 Å². The van der Waals surface area contributed by atoms with Crippen molar-refractivity contribution in [1.29, 1.82) is 0 Å². The molecule has 0 aromatic carbocycles. The highest BCUT2D eigenvalue weighted by Gasteiger charge is 2.27. The lowest BCUT2D eigenvalue weighted by atomic mass is 9.89. The van der Waals surface area contributed by atoms with Gasteiger partial charge in [-0.25, -0.2) is 0 Å². The van der Waals surface area contributed by atoms with Gasteiger partial charge in [-0.15, -0.1) is 0 Å². The van der Waals surface area contributed by atoms with Gasteiger partial charge in [0, 0.05) is 24.5 Å². The van der Waals surface area contributed by atoms with Crippen molar-refractivity contribution in [1.82, 2.24) is 4.90 Å². The molecule has 84 valence electrons. The van der Waals surface area contributed by atoms with Gasteiger partial charge in [0.05, 0.1) is 0 Å². The molecule has 1 rings (SSSR count). The van der Waals surface area contributed by atoms with Gasteiger partial charge in [-0.05, 0) is 31.1 Å². The molecule has 3 atom stereocenters. The summed E-state index contributed by atoms with van der Waals surface area (Å²) in [4.78, 5) is 2.67. The fraction of sp³-hybridized carbons (Fsp3) is 1.00. The number of rotatable bonds is 3. The van der Waals surface area contributed by atoms with Gasteiger partial charge in [-0.3, -0.25) is 4.90 Å². The third-order valence-electron chi connectivity index (χ3n) is 3.53. The van der Waals surface area contributed by atoms with Crippen LogP contribution in [0.25, 0.3) is 0 Å². The molecule has 1 aliphatic heterocycles. The highest BCUT2D eigenvalue weighted by molar-refractivity contribution is 9.09. The van der Waals surface area contributed by atoms with E-state index in [4.69, 9.17) is 0 Å². The van der Waals surface area contributed by atoms with Gasteiger partial charge in [0.15, 0.2) is 0 Å². The van der Waals surface area contributed by atoms with Crippen molar-refractivity contribution in [2.75, 3.05) is 18.4 Å². The van der Waals surface area contributed by atoms with Crippen LogP contribution in [-0.4, -0.2) is 29.4 Å². The zero-order valence-electron chi connectivity index (χ0n) is 9.96. The Balaban J connectivity index is 2.52. The Labute approximate surface area is 97.4 Å². The first-order valence-electron chi connectivity index (χ1n) is 5.84. The molecule has 1 heterocycles. The first kappa shape index (κ1) is 12.5. The summed E-state index contributed by atoms with van der Waals surface area (Å²) in [6.07, 6.45) is 1.40. The van der Waals surface area contributed by atoms with Crippen molar-refractivity contribution in [3.63, 3.8) is 0 Å². The zero-order chi connectivity index (χ0) is 10.7. The van der Waals surface area contributed by atoms with Crippen LogP contribution in [0.1, 0.15) is 34.1 Å². The Morgan fingerprint density at radius 3 is 2.43 bits per heavy atom.